The van der Waals surface area contributed by atoms with Crippen LogP contribution in [0, 0.1) is 29.6 Å². The van der Waals surface area contributed by atoms with Crippen LogP contribution in [0.1, 0.15) is 47.5 Å². The van der Waals surface area contributed by atoms with Gasteiger partial charge in [0.25, 0.3) is 5.91 Å². The molecule has 1 aliphatic carbocycles. The molecule has 148 valence electrons. The molecular formula is C22H33N3OS. The van der Waals surface area contributed by atoms with Crippen molar-refractivity contribution in [2.75, 3.05) is 11.9 Å². The lowest BCUT2D eigenvalue weighted by molar-refractivity contribution is -0.126. The molecular weight excluding hydrogens is 354 g/mol. The Labute approximate surface area is 167 Å². The molecule has 1 saturated carbocycles. The molecule has 1 aromatic heterocycles. The fourth-order valence-electron chi connectivity index (χ4n) is 6.02. The topological polar surface area (TPSA) is 44.7 Å². The number of nitrogens with zero attached hydrogens (tertiary/aromatic N) is 2. The van der Waals surface area contributed by atoms with Crippen LogP contribution in [0.5, 0.6) is 0 Å². The van der Waals surface area contributed by atoms with E-state index in [9.17, 15) is 4.79 Å². The van der Waals surface area contributed by atoms with Gasteiger partial charge < -0.3 is 5.32 Å². The third-order valence-electron chi connectivity index (χ3n) is 6.90. The Morgan fingerprint density at radius 1 is 1.37 bits per heavy atom. The fraction of sp³-hybridized carbons (Fsp3) is 0.727. The summed E-state index contributed by atoms with van der Waals surface area (Å²) < 4.78 is 0. The predicted octanol–water partition coefficient (Wildman–Crippen LogP) is 4.54. The molecule has 27 heavy (non-hydrogen) atoms. The smallest absolute Gasteiger partial charge is 0.254 e. The standard InChI is InChI=1S/C22H33N3OS/c1-13(2)8-18-16-9-19-15(5)25(11-14(3)4)20(18)22(19,23-10-16)21(26)24-17-6-7-27-12-17/h6-7,10,12-16,18-20H,8-9,11H2,1-5H3,(H,24,26). The summed E-state index contributed by atoms with van der Waals surface area (Å²) >= 11 is 1.62. The van der Waals surface area contributed by atoms with Crippen LogP contribution in [0.3, 0.4) is 0 Å². The highest BCUT2D eigenvalue weighted by atomic mass is 32.1. The first-order valence-electron chi connectivity index (χ1n) is 10.5. The maximum atomic E-state index is 13.7. The van der Waals surface area contributed by atoms with E-state index >= 15 is 0 Å². The first-order valence-corrected chi connectivity index (χ1v) is 11.4. The van der Waals surface area contributed by atoms with E-state index in [4.69, 9.17) is 4.99 Å². The van der Waals surface area contributed by atoms with Crippen LogP contribution in [0.25, 0.3) is 0 Å². The molecule has 3 aliphatic heterocycles. The second kappa shape index (κ2) is 7.00. The van der Waals surface area contributed by atoms with E-state index in [2.05, 4.69) is 51.0 Å². The number of amides is 1. The van der Waals surface area contributed by atoms with E-state index in [-0.39, 0.29) is 11.9 Å². The number of hydrogen-bond donors (Lipinski definition) is 1. The number of hydrogen-bond acceptors (Lipinski definition) is 4. The minimum atomic E-state index is -0.620. The monoisotopic (exact) mass is 387 g/mol. The van der Waals surface area contributed by atoms with Crippen molar-refractivity contribution < 1.29 is 4.79 Å². The predicted molar refractivity (Wildman–Crippen MR) is 114 cm³/mol. The molecule has 5 heteroatoms. The first kappa shape index (κ1) is 19.1. The molecule has 1 amide bonds. The van der Waals surface area contributed by atoms with E-state index < -0.39 is 5.54 Å². The second-order valence-electron chi connectivity index (χ2n) is 9.65. The summed E-state index contributed by atoms with van der Waals surface area (Å²) in [4.78, 5) is 21.3. The minimum absolute atomic E-state index is 0.108. The van der Waals surface area contributed by atoms with Gasteiger partial charge in [-0.3, -0.25) is 14.7 Å². The molecule has 6 atom stereocenters. The summed E-state index contributed by atoms with van der Waals surface area (Å²) in [6.45, 7) is 12.6. The number of rotatable bonds is 6. The maximum Gasteiger partial charge on any atom is 0.254 e. The average molecular weight is 388 g/mol. The summed E-state index contributed by atoms with van der Waals surface area (Å²) in [5.74, 6) is 2.70. The molecule has 1 aromatic rings. The zero-order valence-electron chi connectivity index (χ0n) is 17.2. The van der Waals surface area contributed by atoms with Crippen molar-refractivity contribution in [1.82, 2.24) is 4.90 Å². The van der Waals surface area contributed by atoms with Gasteiger partial charge in [-0.15, -0.1) is 0 Å². The fourth-order valence-corrected chi connectivity index (χ4v) is 6.60. The average Bonchev–Trinajstić information content (AvgIpc) is 3.17. The van der Waals surface area contributed by atoms with E-state index in [1.54, 1.807) is 11.3 Å². The van der Waals surface area contributed by atoms with Gasteiger partial charge in [0.2, 0.25) is 0 Å². The number of likely N-dealkylation sites (tertiary alicyclic amines) is 1. The molecule has 5 rings (SSSR count). The van der Waals surface area contributed by atoms with Crippen molar-refractivity contribution in [1.29, 1.82) is 0 Å². The molecule has 1 saturated heterocycles. The van der Waals surface area contributed by atoms with Gasteiger partial charge in [0.15, 0.2) is 5.54 Å². The highest BCUT2D eigenvalue weighted by Crippen LogP contribution is 2.58. The number of carbonyl (C=O) groups excluding carboxylic acids is 1. The Kier molecular flexibility index (Phi) is 4.96. The third kappa shape index (κ3) is 2.98. The molecule has 6 unspecified atom stereocenters. The van der Waals surface area contributed by atoms with Gasteiger partial charge in [0.05, 0.1) is 5.69 Å². The molecule has 4 bridgehead atoms. The lowest BCUT2D eigenvalue weighted by atomic mass is 9.58. The van der Waals surface area contributed by atoms with Crippen molar-refractivity contribution in [2.45, 2.75) is 65.1 Å². The van der Waals surface area contributed by atoms with Gasteiger partial charge in [-0.05, 0) is 54.9 Å². The minimum Gasteiger partial charge on any atom is -0.323 e. The number of nitrogens with one attached hydrogen (secondary N) is 1. The van der Waals surface area contributed by atoms with E-state index in [0.717, 1.165) is 18.7 Å². The van der Waals surface area contributed by atoms with Crippen molar-refractivity contribution in [2.24, 2.45) is 34.6 Å². The Hall–Kier alpha value is -1.20. The molecule has 2 fully saturated rings. The number of anilines is 1. The lowest BCUT2D eigenvalue weighted by Crippen LogP contribution is -2.64. The van der Waals surface area contributed by atoms with Crippen LogP contribution in [0.4, 0.5) is 5.69 Å². The Balaban J connectivity index is 1.75. The van der Waals surface area contributed by atoms with Gasteiger partial charge in [0.1, 0.15) is 0 Å². The third-order valence-corrected chi connectivity index (χ3v) is 7.59. The van der Waals surface area contributed by atoms with Gasteiger partial charge in [-0.1, -0.05) is 27.7 Å². The number of carbonyl (C=O) groups is 1. The molecule has 4 nitrogen and oxygen atoms in total. The molecule has 1 N–H and O–H groups in total. The summed E-state index contributed by atoms with van der Waals surface area (Å²) in [5, 5.41) is 7.23. The quantitative estimate of drug-likeness (QED) is 0.779. The van der Waals surface area contributed by atoms with Gasteiger partial charge in [-0.2, -0.15) is 11.3 Å². The maximum absolute atomic E-state index is 13.7. The van der Waals surface area contributed by atoms with Crippen molar-refractivity contribution in [3.8, 4) is 0 Å². The largest absolute Gasteiger partial charge is 0.323 e. The molecule has 4 aliphatic rings. The van der Waals surface area contributed by atoms with Crippen LogP contribution in [-0.2, 0) is 4.79 Å². The Bertz CT molecular complexity index is 713. The van der Waals surface area contributed by atoms with Crippen molar-refractivity contribution >= 4 is 29.1 Å². The van der Waals surface area contributed by atoms with Gasteiger partial charge >= 0.3 is 0 Å². The molecule has 4 heterocycles. The Morgan fingerprint density at radius 3 is 2.78 bits per heavy atom. The van der Waals surface area contributed by atoms with Crippen molar-refractivity contribution in [3.63, 3.8) is 0 Å². The van der Waals surface area contributed by atoms with E-state index in [0.29, 0.717) is 35.6 Å². The SMILES string of the molecule is CC(C)CC1C2C=NC3(C(=O)Nc4ccsc4)C(C2)C(C)N(CC(C)C)C13. The van der Waals surface area contributed by atoms with Crippen LogP contribution in [0.15, 0.2) is 21.8 Å². The van der Waals surface area contributed by atoms with Crippen LogP contribution < -0.4 is 5.32 Å². The summed E-state index contributed by atoms with van der Waals surface area (Å²) in [7, 11) is 0. The zero-order valence-corrected chi connectivity index (χ0v) is 18.0. The normalized spacial score (nSPS) is 37.5. The summed E-state index contributed by atoms with van der Waals surface area (Å²) in [6.07, 6.45) is 4.41. The molecule has 0 aromatic carbocycles. The number of aliphatic imine (C=N–C) groups is 1. The highest BCUT2D eigenvalue weighted by molar-refractivity contribution is 7.08. The van der Waals surface area contributed by atoms with Crippen molar-refractivity contribution in [3.05, 3.63) is 16.8 Å². The van der Waals surface area contributed by atoms with E-state index in [1.807, 2.05) is 16.8 Å². The number of thiophene rings is 1. The summed E-state index contributed by atoms with van der Waals surface area (Å²) in [5.41, 5.74) is 0.287. The second-order valence-corrected chi connectivity index (χ2v) is 10.4. The van der Waals surface area contributed by atoms with E-state index in [1.165, 1.54) is 6.42 Å². The molecule has 0 spiro atoms. The van der Waals surface area contributed by atoms with Crippen LogP contribution >= 0.6 is 11.3 Å². The first-order chi connectivity index (χ1) is 12.8. The zero-order chi connectivity index (χ0) is 19.3. The molecule has 0 radical (unpaired) electrons. The van der Waals surface area contributed by atoms with Crippen LogP contribution in [-0.4, -0.2) is 41.2 Å². The Morgan fingerprint density at radius 2 is 2.15 bits per heavy atom. The van der Waals surface area contributed by atoms with Gasteiger partial charge in [0, 0.05) is 36.1 Å². The van der Waals surface area contributed by atoms with Crippen LogP contribution in [0.2, 0.25) is 0 Å². The lowest BCUT2D eigenvalue weighted by Gasteiger charge is -2.51. The summed E-state index contributed by atoms with van der Waals surface area (Å²) in [6, 6.07) is 2.62. The highest BCUT2D eigenvalue weighted by Gasteiger charge is 2.69. The van der Waals surface area contributed by atoms with Gasteiger partial charge in [-0.25, -0.2) is 0 Å².